The zero-order chi connectivity index (χ0) is 12.3. The number of likely N-dealkylation sites (tertiary alicyclic amines) is 1. The molecule has 0 spiro atoms. The Hall–Kier alpha value is -1.11. The Labute approximate surface area is 106 Å². The lowest BCUT2D eigenvalue weighted by molar-refractivity contribution is 0.193. The quantitative estimate of drug-likeness (QED) is 0.805. The summed E-state index contributed by atoms with van der Waals surface area (Å²) in [6, 6.07) is 6.50. The van der Waals surface area contributed by atoms with Gasteiger partial charge in [-0.2, -0.15) is 5.26 Å². The van der Waals surface area contributed by atoms with E-state index in [1.54, 1.807) is 12.1 Å². The van der Waals surface area contributed by atoms with Gasteiger partial charge >= 0.3 is 0 Å². The van der Waals surface area contributed by atoms with E-state index in [9.17, 15) is 9.65 Å². The predicted molar refractivity (Wildman–Crippen MR) is 65.2 cm³/mol. The van der Waals surface area contributed by atoms with Gasteiger partial charge in [-0.25, -0.2) is 4.39 Å². The van der Waals surface area contributed by atoms with Crippen LogP contribution >= 0.6 is 11.6 Å². The fourth-order valence-corrected chi connectivity index (χ4v) is 2.44. The smallest absolute Gasteiger partial charge is 0.147 e. The summed E-state index contributed by atoms with van der Waals surface area (Å²) in [4.78, 5) is 2.03. The van der Waals surface area contributed by atoms with Crippen LogP contribution in [-0.4, -0.2) is 18.0 Å². The van der Waals surface area contributed by atoms with Crippen LogP contribution in [0.4, 0.5) is 4.39 Å². The van der Waals surface area contributed by atoms with Gasteiger partial charge in [0.15, 0.2) is 0 Å². The summed E-state index contributed by atoms with van der Waals surface area (Å²) in [5, 5.41) is 9.33. The third-order valence-corrected chi connectivity index (χ3v) is 3.45. The first kappa shape index (κ1) is 12.3. The summed E-state index contributed by atoms with van der Waals surface area (Å²) in [5.41, 5.74) is 0.391. The van der Waals surface area contributed by atoms with E-state index in [1.807, 2.05) is 4.90 Å². The molecule has 1 aliphatic heterocycles. The number of hydrogen-bond donors (Lipinski definition) is 0. The average Bonchev–Trinajstić information content (AvgIpc) is 2.37. The van der Waals surface area contributed by atoms with Crippen LogP contribution < -0.4 is 0 Å². The summed E-state index contributed by atoms with van der Waals surface area (Å²) in [7, 11) is 0. The van der Waals surface area contributed by atoms with Gasteiger partial charge in [0.1, 0.15) is 11.9 Å². The molecule has 1 aliphatic rings. The van der Waals surface area contributed by atoms with Gasteiger partial charge in [0.2, 0.25) is 0 Å². The molecule has 0 amide bonds. The van der Waals surface area contributed by atoms with E-state index in [-0.39, 0.29) is 5.02 Å². The topological polar surface area (TPSA) is 27.0 Å². The maximum absolute atomic E-state index is 13.9. The summed E-state index contributed by atoms with van der Waals surface area (Å²) in [5.74, 6) is -0.466. The number of nitriles is 1. The molecule has 0 radical (unpaired) electrons. The van der Waals surface area contributed by atoms with Crippen molar-refractivity contribution >= 4 is 11.6 Å². The Balaban J connectivity index is 2.29. The van der Waals surface area contributed by atoms with Crippen molar-refractivity contribution in [2.75, 3.05) is 13.1 Å². The normalized spacial score (nSPS) is 18.6. The van der Waals surface area contributed by atoms with Crippen LogP contribution in [0, 0.1) is 17.1 Å². The van der Waals surface area contributed by atoms with Crippen LogP contribution in [0.25, 0.3) is 0 Å². The highest BCUT2D eigenvalue weighted by atomic mass is 35.5. The van der Waals surface area contributed by atoms with E-state index < -0.39 is 11.9 Å². The number of piperidine rings is 1. The second kappa shape index (κ2) is 5.48. The maximum Gasteiger partial charge on any atom is 0.147 e. The highest BCUT2D eigenvalue weighted by Crippen LogP contribution is 2.28. The van der Waals surface area contributed by atoms with Gasteiger partial charge in [0.05, 0.1) is 11.1 Å². The van der Waals surface area contributed by atoms with Crippen LogP contribution in [0.5, 0.6) is 0 Å². The zero-order valence-electron chi connectivity index (χ0n) is 9.50. The molecule has 1 saturated heterocycles. The third kappa shape index (κ3) is 2.59. The minimum absolute atomic E-state index is 0.0831. The van der Waals surface area contributed by atoms with Crippen LogP contribution in [0.2, 0.25) is 5.02 Å². The molecule has 0 saturated carbocycles. The fraction of sp³-hybridized carbons (Fsp3) is 0.462. The first-order chi connectivity index (χ1) is 8.24. The van der Waals surface area contributed by atoms with Crippen molar-refractivity contribution in [3.8, 4) is 6.07 Å². The van der Waals surface area contributed by atoms with Gasteiger partial charge in [-0.15, -0.1) is 0 Å². The molecule has 0 bridgehead atoms. The van der Waals surface area contributed by atoms with Gasteiger partial charge in [0, 0.05) is 5.56 Å². The number of benzene rings is 1. The molecular formula is C13H14ClFN2. The molecule has 1 fully saturated rings. The molecule has 0 N–H and O–H groups in total. The molecule has 1 unspecified atom stereocenters. The molecule has 0 aromatic heterocycles. The van der Waals surface area contributed by atoms with E-state index in [0.29, 0.717) is 5.56 Å². The minimum atomic E-state index is -0.519. The van der Waals surface area contributed by atoms with Crippen molar-refractivity contribution in [2.45, 2.75) is 25.3 Å². The van der Waals surface area contributed by atoms with E-state index in [4.69, 9.17) is 11.6 Å². The first-order valence-corrected chi connectivity index (χ1v) is 6.19. The highest BCUT2D eigenvalue weighted by Gasteiger charge is 2.25. The Morgan fingerprint density at radius 3 is 2.65 bits per heavy atom. The number of hydrogen-bond acceptors (Lipinski definition) is 2. The molecule has 1 atom stereocenters. The third-order valence-electron chi connectivity index (χ3n) is 3.15. The summed E-state index contributed by atoms with van der Waals surface area (Å²) < 4.78 is 13.9. The molecule has 2 rings (SSSR count). The standard InChI is InChI=1S/C13H14ClFN2/c14-11-6-4-5-10(13(11)15)12(9-16)17-7-2-1-3-8-17/h4-6,12H,1-3,7-8H2. The Morgan fingerprint density at radius 2 is 2.00 bits per heavy atom. The van der Waals surface area contributed by atoms with E-state index >= 15 is 0 Å². The van der Waals surface area contributed by atoms with Crippen molar-refractivity contribution in [1.29, 1.82) is 5.26 Å². The van der Waals surface area contributed by atoms with Crippen molar-refractivity contribution < 1.29 is 4.39 Å². The number of rotatable bonds is 2. The molecule has 17 heavy (non-hydrogen) atoms. The second-order valence-electron chi connectivity index (χ2n) is 4.27. The van der Waals surface area contributed by atoms with Crippen molar-refractivity contribution in [3.05, 3.63) is 34.6 Å². The lowest BCUT2D eigenvalue weighted by Gasteiger charge is -2.30. The summed E-state index contributed by atoms with van der Waals surface area (Å²) in [6.07, 6.45) is 3.33. The van der Waals surface area contributed by atoms with Gasteiger partial charge in [-0.3, -0.25) is 4.90 Å². The monoisotopic (exact) mass is 252 g/mol. The summed E-state index contributed by atoms with van der Waals surface area (Å²) >= 11 is 5.75. The van der Waals surface area contributed by atoms with E-state index in [0.717, 1.165) is 25.9 Å². The molecule has 2 nitrogen and oxygen atoms in total. The van der Waals surface area contributed by atoms with Crippen LogP contribution in [0.15, 0.2) is 18.2 Å². The van der Waals surface area contributed by atoms with Gasteiger partial charge in [-0.1, -0.05) is 30.2 Å². The van der Waals surface area contributed by atoms with Crippen molar-refractivity contribution in [2.24, 2.45) is 0 Å². The minimum Gasteiger partial charge on any atom is -0.284 e. The second-order valence-corrected chi connectivity index (χ2v) is 4.68. The van der Waals surface area contributed by atoms with Crippen molar-refractivity contribution in [3.63, 3.8) is 0 Å². The Morgan fingerprint density at radius 1 is 1.29 bits per heavy atom. The van der Waals surface area contributed by atoms with Gasteiger partial charge in [-0.05, 0) is 32.0 Å². The molecule has 0 aliphatic carbocycles. The Bertz CT molecular complexity index is 436. The van der Waals surface area contributed by atoms with E-state index in [2.05, 4.69) is 6.07 Å². The SMILES string of the molecule is N#CC(c1cccc(Cl)c1F)N1CCCCC1. The van der Waals surface area contributed by atoms with Crippen LogP contribution in [-0.2, 0) is 0 Å². The lowest BCUT2D eigenvalue weighted by Crippen LogP contribution is -2.33. The van der Waals surface area contributed by atoms with Gasteiger partial charge in [0.25, 0.3) is 0 Å². The molecule has 1 aromatic rings. The highest BCUT2D eigenvalue weighted by molar-refractivity contribution is 6.30. The Kier molecular flexibility index (Phi) is 3.98. The summed E-state index contributed by atoms with van der Waals surface area (Å²) in [6.45, 7) is 1.70. The van der Waals surface area contributed by atoms with Gasteiger partial charge < -0.3 is 0 Å². The predicted octanol–water partition coefficient (Wildman–Crippen LogP) is 3.53. The van der Waals surface area contributed by atoms with Crippen molar-refractivity contribution in [1.82, 2.24) is 4.90 Å². The number of nitrogens with zero attached hydrogens (tertiary/aromatic N) is 2. The molecular weight excluding hydrogens is 239 g/mol. The maximum atomic E-state index is 13.9. The largest absolute Gasteiger partial charge is 0.284 e. The average molecular weight is 253 g/mol. The molecule has 1 heterocycles. The lowest BCUT2D eigenvalue weighted by atomic mass is 10.0. The van der Waals surface area contributed by atoms with Crippen LogP contribution in [0.3, 0.4) is 0 Å². The van der Waals surface area contributed by atoms with Crippen LogP contribution in [0.1, 0.15) is 30.9 Å². The first-order valence-electron chi connectivity index (χ1n) is 5.81. The fourth-order valence-electron chi connectivity index (χ4n) is 2.26. The zero-order valence-corrected chi connectivity index (χ0v) is 10.3. The molecule has 90 valence electrons. The molecule has 4 heteroatoms. The van der Waals surface area contributed by atoms with E-state index in [1.165, 1.54) is 12.5 Å². The molecule has 1 aromatic carbocycles. The number of halogens is 2.